The van der Waals surface area contributed by atoms with Crippen LogP contribution >= 0.6 is 31.9 Å². The van der Waals surface area contributed by atoms with E-state index < -0.39 is 21.2 Å². The van der Waals surface area contributed by atoms with E-state index >= 15 is 0 Å². The molecule has 1 heterocycles. The van der Waals surface area contributed by atoms with Crippen LogP contribution in [0.2, 0.25) is 0 Å². The third-order valence-electron chi connectivity index (χ3n) is 3.48. The van der Waals surface area contributed by atoms with E-state index in [1.54, 1.807) is 30.3 Å². The molecule has 0 spiro atoms. The van der Waals surface area contributed by atoms with Gasteiger partial charge in [0.2, 0.25) is 0 Å². The van der Waals surface area contributed by atoms with Gasteiger partial charge < -0.3 is 4.55 Å². The van der Waals surface area contributed by atoms with Crippen LogP contribution < -0.4 is 0 Å². The molecule has 1 atom stereocenters. The van der Waals surface area contributed by atoms with E-state index in [-0.39, 0.29) is 10.6 Å². The number of nitrogens with zero attached hydrogens (tertiary/aromatic N) is 1. The summed E-state index contributed by atoms with van der Waals surface area (Å²) in [5.41, 5.74) is 0.481. The lowest BCUT2D eigenvalue weighted by Gasteiger charge is -2.07. The molecule has 1 unspecified atom stereocenters. The maximum Gasteiger partial charge on any atom is 0.268 e. The fourth-order valence-corrected chi connectivity index (χ4v) is 5.62. The van der Waals surface area contributed by atoms with Crippen LogP contribution in [0, 0.1) is 6.92 Å². The summed E-state index contributed by atoms with van der Waals surface area (Å²) in [7, 11) is -3.81. The standard InChI is InChI=1S/C16H12Br2NO3S2/c1-2-23(20)16-10-19(15-7-6-12(18)9-14(15)16)24(21,22)13-5-3-4-11(17)8-13/h3-10H,1-2H2. The minimum Gasteiger partial charge on any atom is -0.611 e. The Bertz CT molecular complexity index is 1020. The molecule has 1 aromatic heterocycles. The zero-order valence-electron chi connectivity index (χ0n) is 12.3. The summed E-state index contributed by atoms with van der Waals surface area (Å²) in [6.45, 7) is 3.66. The molecule has 3 aromatic rings. The Morgan fingerprint density at radius 3 is 2.50 bits per heavy atom. The fourth-order valence-electron chi connectivity index (χ4n) is 2.37. The fraction of sp³-hybridized carbons (Fsp3) is 0.0625. The number of hydrogen-bond donors (Lipinski definition) is 0. The van der Waals surface area contributed by atoms with Gasteiger partial charge in [-0.1, -0.05) is 37.9 Å². The number of fused-ring (bicyclic) bond motifs is 1. The first-order valence-electron chi connectivity index (χ1n) is 6.84. The van der Waals surface area contributed by atoms with Crippen LogP contribution in [-0.4, -0.2) is 22.7 Å². The van der Waals surface area contributed by atoms with Crippen LogP contribution in [0.5, 0.6) is 0 Å². The highest BCUT2D eigenvalue weighted by atomic mass is 79.9. The van der Waals surface area contributed by atoms with Crippen LogP contribution in [-0.2, 0) is 21.2 Å². The second kappa shape index (κ2) is 6.84. The maximum absolute atomic E-state index is 13.0. The van der Waals surface area contributed by atoms with Crippen LogP contribution in [0.15, 0.2) is 67.4 Å². The van der Waals surface area contributed by atoms with Gasteiger partial charge in [0.25, 0.3) is 10.0 Å². The molecule has 0 aliphatic heterocycles. The average Bonchev–Trinajstić information content (AvgIpc) is 2.93. The zero-order chi connectivity index (χ0) is 17.5. The quantitative estimate of drug-likeness (QED) is 0.512. The predicted molar refractivity (Wildman–Crippen MR) is 103 cm³/mol. The molecule has 125 valence electrons. The Morgan fingerprint density at radius 1 is 1.12 bits per heavy atom. The van der Waals surface area contributed by atoms with Gasteiger partial charge in [0.05, 0.1) is 22.0 Å². The molecular formula is C16H12Br2NO3S2. The van der Waals surface area contributed by atoms with Gasteiger partial charge in [0.1, 0.15) is 5.75 Å². The normalized spacial score (nSPS) is 13.3. The van der Waals surface area contributed by atoms with Crippen LogP contribution in [0.3, 0.4) is 0 Å². The van der Waals surface area contributed by atoms with Gasteiger partial charge in [-0.2, -0.15) is 0 Å². The molecule has 0 bridgehead atoms. The van der Waals surface area contributed by atoms with E-state index in [2.05, 4.69) is 38.8 Å². The van der Waals surface area contributed by atoms with Crippen molar-refractivity contribution in [2.45, 2.75) is 9.79 Å². The Morgan fingerprint density at radius 2 is 1.83 bits per heavy atom. The molecule has 0 saturated carbocycles. The first-order chi connectivity index (χ1) is 11.3. The largest absolute Gasteiger partial charge is 0.611 e. The number of aromatic nitrogens is 1. The number of benzene rings is 2. The van der Waals surface area contributed by atoms with E-state index in [9.17, 15) is 13.0 Å². The molecular weight excluding hydrogens is 478 g/mol. The highest BCUT2D eigenvalue weighted by Crippen LogP contribution is 2.32. The Hall–Kier alpha value is -0.800. The van der Waals surface area contributed by atoms with Gasteiger partial charge in [-0.05, 0) is 54.5 Å². The van der Waals surface area contributed by atoms with Crippen LogP contribution in [0.1, 0.15) is 0 Å². The van der Waals surface area contributed by atoms with E-state index in [0.29, 0.717) is 20.3 Å². The topological polar surface area (TPSA) is 62.1 Å². The van der Waals surface area contributed by atoms with Crippen molar-refractivity contribution in [1.82, 2.24) is 3.97 Å². The third-order valence-corrected chi connectivity index (χ3v) is 7.32. The minimum absolute atomic E-state index is 0.156. The lowest BCUT2D eigenvalue weighted by atomic mass is 10.2. The zero-order valence-corrected chi connectivity index (χ0v) is 17.1. The van der Waals surface area contributed by atoms with Crippen molar-refractivity contribution in [3.63, 3.8) is 0 Å². The first-order valence-corrected chi connectivity index (χ1v) is 11.2. The Labute approximate surface area is 160 Å². The molecule has 2 aromatic carbocycles. The Kier molecular flexibility index (Phi) is 5.13. The van der Waals surface area contributed by atoms with Crippen LogP contribution in [0.4, 0.5) is 0 Å². The molecule has 0 saturated heterocycles. The van der Waals surface area contributed by atoms with Crippen molar-refractivity contribution in [3.8, 4) is 0 Å². The van der Waals surface area contributed by atoms with Crippen LogP contribution in [0.25, 0.3) is 10.9 Å². The van der Waals surface area contributed by atoms with Crippen molar-refractivity contribution in [1.29, 1.82) is 0 Å². The Balaban J connectivity index is 2.30. The van der Waals surface area contributed by atoms with Gasteiger partial charge in [0, 0.05) is 8.95 Å². The molecule has 4 nitrogen and oxygen atoms in total. The molecule has 1 radical (unpaired) electrons. The second-order valence-electron chi connectivity index (χ2n) is 4.96. The van der Waals surface area contributed by atoms with E-state index in [1.807, 2.05) is 0 Å². The predicted octanol–water partition coefficient (Wildman–Crippen LogP) is 4.34. The van der Waals surface area contributed by atoms with Crippen molar-refractivity contribution in [2.75, 3.05) is 5.75 Å². The van der Waals surface area contributed by atoms with Gasteiger partial charge in [-0.25, -0.2) is 12.4 Å². The SMILES string of the molecule is [CH2]C[S+]([O-])c1cn(S(=O)(=O)c2cccc(Br)c2)c2ccc(Br)cc12. The van der Waals surface area contributed by atoms with Crippen molar-refractivity contribution >= 4 is 64.0 Å². The monoisotopic (exact) mass is 488 g/mol. The molecule has 8 heteroatoms. The van der Waals surface area contributed by atoms with E-state index in [0.717, 1.165) is 4.47 Å². The lowest BCUT2D eigenvalue weighted by Crippen LogP contribution is -2.12. The number of hydrogen-bond acceptors (Lipinski definition) is 3. The summed E-state index contributed by atoms with van der Waals surface area (Å²) in [4.78, 5) is 0.614. The molecule has 0 amide bonds. The molecule has 0 aliphatic carbocycles. The van der Waals surface area contributed by atoms with E-state index in [4.69, 9.17) is 0 Å². The van der Waals surface area contributed by atoms with E-state index in [1.165, 1.54) is 22.3 Å². The summed E-state index contributed by atoms with van der Waals surface area (Å²) >= 11 is 5.29. The summed E-state index contributed by atoms with van der Waals surface area (Å²) in [5.74, 6) is 0.169. The summed E-state index contributed by atoms with van der Waals surface area (Å²) < 4.78 is 41.0. The second-order valence-corrected chi connectivity index (χ2v) is 10.1. The van der Waals surface area contributed by atoms with Gasteiger partial charge >= 0.3 is 0 Å². The first kappa shape index (κ1) is 18.0. The number of rotatable bonds is 4. The smallest absolute Gasteiger partial charge is 0.268 e. The molecule has 0 aliphatic rings. The minimum atomic E-state index is -3.81. The average molecular weight is 490 g/mol. The van der Waals surface area contributed by atoms with Gasteiger partial charge in [0.15, 0.2) is 4.90 Å². The summed E-state index contributed by atoms with van der Waals surface area (Å²) in [6, 6.07) is 11.7. The third kappa shape index (κ3) is 3.17. The summed E-state index contributed by atoms with van der Waals surface area (Å²) in [5, 5.41) is 0.630. The van der Waals surface area contributed by atoms with Crippen molar-refractivity contribution < 1.29 is 13.0 Å². The lowest BCUT2D eigenvalue weighted by molar-refractivity contribution is 0.588. The molecule has 24 heavy (non-hydrogen) atoms. The van der Waals surface area contributed by atoms with Gasteiger partial charge in [-0.15, -0.1) is 0 Å². The molecule has 3 rings (SSSR count). The van der Waals surface area contributed by atoms with Crippen molar-refractivity contribution in [2.24, 2.45) is 0 Å². The molecule has 0 N–H and O–H groups in total. The maximum atomic E-state index is 13.0. The van der Waals surface area contributed by atoms with Gasteiger partial charge in [-0.3, -0.25) is 0 Å². The number of halogens is 2. The van der Waals surface area contributed by atoms with Crippen molar-refractivity contribution in [3.05, 3.63) is 64.5 Å². The highest BCUT2D eigenvalue weighted by molar-refractivity contribution is 9.10. The molecule has 0 fully saturated rings. The summed E-state index contributed by atoms with van der Waals surface area (Å²) in [6.07, 6.45) is 1.43. The highest BCUT2D eigenvalue weighted by Gasteiger charge is 2.25.